The highest BCUT2D eigenvalue weighted by Gasteiger charge is 2.23. The average molecular weight is 885 g/mol. The molecule has 6 N–H and O–H groups in total. The van der Waals surface area contributed by atoms with E-state index in [4.69, 9.17) is 24.7 Å². The first-order chi connectivity index (χ1) is 30.9. The van der Waals surface area contributed by atoms with Gasteiger partial charge < -0.3 is 46.4 Å². The number of para-hydroxylation sites is 1. The topological polar surface area (TPSA) is 157 Å². The molecule has 0 bridgehead atoms. The Labute approximate surface area is 381 Å². The molecule has 2 aliphatic rings. The number of fused-ring (bicyclic) bond motifs is 1. The molecule has 15 heteroatoms. The van der Waals surface area contributed by atoms with Gasteiger partial charge in [0, 0.05) is 83.2 Å². The Morgan fingerprint density at radius 2 is 1.44 bits per heavy atom. The Morgan fingerprint density at radius 3 is 2.11 bits per heavy atom. The lowest BCUT2D eigenvalue weighted by molar-refractivity contribution is -0.122. The van der Waals surface area contributed by atoms with Gasteiger partial charge in [-0.15, -0.1) is 11.3 Å². The van der Waals surface area contributed by atoms with Gasteiger partial charge in [-0.3, -0.25) is 4.79 Å². The quantitative estimate of drug-likeness (QED) is 0.0595. The van der Waals surface area contributed by atoms with Crippen LogP contribution >= 0.6 is 11.3 Å². The van der Waals surface area contributed by atoms with Crippen molar-refractivity contribution in [3.63, 3.8) is 0 Å². The lowest BCUT2D eigenvalue weighted by atomic mass is 9.98. The molecular weight excluding hydrogens is 809 g/mol. The molecule has 4 aromatic rings. The van der Waals surface area contributed by atoms with Gasteiger partial charge >= 0.3 is 6.01 Å². The first kappa shape index (κ1) is 48.3. The minimum atomic E-state index is -0.505. The average Bonchev–Trinajstić information content (AvgIpc) is 3.71. The number of amides is 1. The number of likely N-dealkylation sites (N-methyl/N-ethyl adjacent to an activating group) is 1. The van der Waals surface area contributed by atoms with Gasteiger partial charge in [-0.2, -0.15) is 15.0 Å². The van der Waals surface area contributed by atoms with E-state index in [0.29, 0.717) is 38.0 Å². The van der Waals surface area contributed by atoms with Crippen LogP contribution in [0, 0.1) is 5.92 Å². The maximum atomic E-state index is 13.8. The van der Waals surface area contributed by atoms with E-state index in [1.807, 2.05) is 6.07 Å². The largest absolute Gasteiger partial charge is 0.461 e. The summed E-state index contributed by atoms with van der Waals surface area (Å²) >= 11 is 1.71. The number of carbonyl (C=O) groups is 1. The minimum absolute atomic E-state index is 0.0410. The highest BCUT2D eigenvalue weighted by atomic mass is 32.1. The molecule has 2 fully saturated rings. The van der Waals surface area contributed by atoms with Crippen molar-refractivity contribution in [2.45, 2.75) is 109 Å². The van der Waals surface area contributed by atoms with Crippen LogP contribution in [0.2, 0.25) is 0 Å². The van der Waals surface area contributed by atoms with Crippen molar-refractivity contribution >= 4 is 45.0 Å². The van der Waals surface area contributed by atoms with Gasteiger partial charge in [0.2, 0.25) is 17.8 Å². The fourth-order valence-electron chi connectivity index (χ4n) is 8.33. The second kappa shape index (κ2) is 27.2. The smallest absolute Gasteiger partial charge is 0.323 e. The van der Waals surface area contributed by atoms with E-state index < -0.39 is 6.04 Å². The maximum absolute atomic E-state index is 13.8. The van der Waals surface area contributed by atoms with Crippen LogP contribution < -0.4 is 41.5 Å². The molecule has 0 spiro atoms. The number of anilines is 3. The van der Waals surface area contributed by atoms with Crippen molar-refractivity contribution in [3.05, 3.63) is 48.5 Å². The number of aromatic nitrogens is 4. The van der Waals surface area contributed by atoms with Crippen LogP contribution in [0.5, 0.6) is 6.01 Å². The number of thiazole rings is 1. The second-order valence-electron chi connectivity index (χ2n) is 17.7. The molecule has 0 radical (unpaired) electrons. The number of rotatable bonds is 17. The van der Waals surface area contributed by atoms with Gasteiger partial charge in [-0.05, 0) is 74.5 Å². The SMILES string of the molecule is CC(C)C[C@@H](Nc1nc(NC2CCCCCCCCCCC2)nc(OCCN(C)c2ccc(-c3nc4ccccc4s3)cc2)n1)C(=O)NCCCN1CCNCCNCCNCC1. The van der Waals surface area contributed by atoms with Crippen molar-refractivity contribution in [3.8, 4) is 16.6 Å². The predicted molar refractivity (Wildman–Crippen MR) is 261 cm³/mol. The van der Waals surface area contributed by atoms with Gasteiger partial charge in [0.15, 0.2) is 0 Å². The monoisotopic (exact) mass is 885 g/mol. The predicted octanol–water partition coefficient (Wildman–Crippen LogP) is 7.17. The van der Waals surface area contributed by atoms with Crippen LogP contribution in [0.3, 0.4) is 0 Å². The first-order valence-electron chi connectivity index (χ1n) is 24.1. The Morgan fingerprint density at radius 1 is 0.810 bits per heavy atom. The van der Waals surface area contributed by atoms with Gasteiger partial charge in [-0.1, -0.05) is 83.8 Å². The number of nitrogens with one attached hydrogen (secondary N) is 6. The number of hydrogen-bond acceptors (Lipinski definition) is 14. The third kappa shape index (κ3) is 17.4. The van der Waals surface area contributed by atoms with Crippen molar-refractivity contribution in [1.82, 2.24) is 46.1 Å². The van der Waals surface area contributed by atoms with Crippen molar-refractivity contribution < 1.29 is 9.53 Å². The van der Waals surface area contributed by atoms with Gasteiger partial charge in [0.05, 0.1) is 16.8 Å². The Bertz CT molecular complexity index is 1840. The summed E-state index contributed by atoms with van der Waals surface area (Å²) in [5.41, 5.74) is 3.22. The zero-order valence-corrected chi connectivity index (χ0v) is 39.3. The summed E-state index contributed by atoms with van der Waals surface area (Å²) in [6.07, 6.45) is 15.2. The molecule has 1 amide bonds. The van der Waals surface area contributed by atoms with E-state index in [1.165, 1.54) is 62.5 Å². The number of hydrogen-bond donors (Lipinski definition) is 6. The molecule has 3 heterocycles. The van der Waals surface area contributed by atoms with Crippen LogP contribution in [0.1, 0.15) is 97.3 Å². The van der Waals surface area contributed by atoms with Gasteiger partial charge in [0.25, 0.3) is 0 Å². The third-order valence-electron chi connectivity index (χ3n) is 12.0. The van der Waals surface area contributed by atoms with Crippen LogP contribution in [-0.2, 0) is 4.79 Å². The minimum Gasteiger partial charge on any atom is -0.461 e. The molecule has 2 aromatic carbocycles. The molecule has 63 heavy (non-hydrogen) atoms. The van der Waals surface area contributed by atoms with Crippen LogP contribution in [-0.4, -0.2) is 128 Å². The number of carbonyl (C=O) groups excluding carboxylic acids is 1. The van der Waals surface area contributed by atoms with Crippen LogP contribution in [0.25, 0.3) is 20.8 Å². The number of ether oxygens (including phenoxy) is 1. The molecular formula is C48H76N12O2S. The van der Waals surface area contributed by atoms with Crippen molar-refractivity contribution in [2.24, 2.45) is 5.92 Å². The van der Waals surface area contributed by atoms with Gasteiger partial charge in [0.1, 0.15) is 17.7 Å². The fourth-order valence-corrected chi connectivity index (χ4v) is 9.30. The van der Waals surface area contributed by atoms with Crippen LogP contribution in [0.15, 0.2) is 48.5 Å². The molecule has 1 saturated carbocycles. The summed E-state index contributed by atoms with van der Waals surface area (Å²) in [5, 5.41) is 21.9. The molecule has 1 aliphatic carbocycles. The van der Waals surface area contributed by atoms with E-state index in [-0.39, 0.29) is 23.9 Å². The van der Waals surface area contributed by atoms with E-state index in [0.717, 1.165) is 99.9 Å². The standard InChI is InChI=1S/C48H76N12O2S/c1-37(2)36-42(44(61)52-24-15-31-60-32-29-50-27-25-49-26-28-51-30-33-60)55-47-56-46(53-39-16-11-9-7-5-4-6-8-10-12-17-39)57-48(58-47)62-35-34-59(3)40-22-20-38(21-23-40)45-54-41-18-13-14-19-43(41)63-45/h13-14,18-23,37,39,42,49-51H,4-12,15-17,24-36H2,1-3H3,(H,52,61)(H2,53,55,56,57,58)/t42-/m1/s1. The third-order valence-corrected chi connectivity index (χ3v) is 13.1. The van der Waals surface area contributed by atoms with Gasteiger partial charge in [-0.25, -0.2) is 4.98 Å². The zero-order chi connectivity index (χ0) is 43.9. The zero-order valence-electron chi connectivity index (χ0n) is 38.4. The molecule has 0 unspecified atom stereocenters. The molecule has 1 saturated heterocycles. The molecule has 6 rings (SSSR count). The van der Waals surface area contributed by atoms with Crippen molar-refractivity contribution in [1.29, 1.82) is 0 Å². The Hall–Kier alpha value is -4.15. The van der Waals surface area contributed by atoms with E-state index in [9.17, 15) is 4.79 Å². The summed E-state index contributed by atoms with van der Waals surface area (Å²) in [5.74, 6) is 1.09. The lowest BCUT2D eigenvalue weighted by Gasteiger charge is -2.24. The van der Waals surface area contributed by atoms with E-state index in [2.05, 4.69) is 105 Å². The normalized spacial score (nSPS) is 17.7. The first-order valence-corrected chi connectivity index (χ1v) is 24.9. The summed E-state index contributed by atoms with van der Waals surface area (Å²) < 4.78 is 7.49. The molecule has 1 atom stereocenters. The number of nitrogens with zero attached hydrogens (tertiary/aromatic N) is 6. The maximum Gasteiger partial charge on any atom is 0.323 e. The summed E-state index contributed by atoms with van der Waals surface area (Å²) in [6, 6.07) is 16.8. The lowest BCUT2D eigenvalue weighted by Crippen LogP contribution is -2.43. The highest BCUT2D eigenvalue weighted by Crippen LogP contribution is 2.31. The van der Waals surface area contributed by atoms with Crippen LogP contribution in [0.4, 0.5) is 17.6 Å². The second-order valence-corrected chi connectivity index (χ2v) is 18.8. The van der Waals surface area contributed by atoms with E-state index >= 15 is 0 Å². The van der Waals surface area contributed by atoms with E-state index in [1.54, 1.807) is 11.3 Å². The molecule has 2 aromatic heterocycles. The summed E-state index contributed by atoms with van der Waals surface area (Å²) in [6.45, 7) is 14.6. The molecule has 1 aliphatic heterocycles. The number of benzene rings is 2. The Balaban J connectivity index is 1.09. The molecule has 346 valence electrons. The van der Waals surface area contributed by atoms with Crippen molar-refractivity contribution in [2.75, 3.05) is 101 Å². The summed E-state index contributed by atoms with van der Waals surface area (Å²) in [7, 11) is 2.06. The highest BCUT2D eigenvalue weighted by molar-refractivity contribution is 7.21. The Kier molecular flexibility index (Phi) is 20.9. The summed E-state index contributed by atoms with van der Waals surface area (Å²) in [4.78, 5) is 37.8. The molecule has 14 nitrogen and oxygen atoms in total. The fraction of sp³-hybridized carbons (Fsp3) is 0.646.